The molecule has 408 valence electrons. The number of aliphatic imine (C=N–C) groups is 2. The van der Waals surface area contributed by atoms with Crippen LogP contribution in [-0.4, -0.2) is 137 Å². The zero-order valence-electron chi connectivity index (χ0n) is 44.4. The minimum atomic E-state index is -0.476. The topological polar surface area (TPSA) is 278 Å². The third kappa shape index (κ3) is 14.8. The van der Waals surface area contributed by atoms with Crippen molar-refractivity contribution in [2.45, 2.75) is 102 Å². The second kappa shape index (κ2) is 25.6. The van der Waals surface area contributed by atoms with Gasteiger partial charge >= 0.3 is 14.0 Å². The second-order valence-electron chi connectivity index (χ2n) is 19.8. The van der Waals surface area contributed by atoms with Crippen LogP contribution in [0.4, 0.5) is 11.6 Å². The largest absolute Gasteiger partial charge is 0.491 e. The van der Waals surface area contributed by atoms with Gasteiger partial charge in [-0.2, -0.15) is 0 Å². The Morgan fingerprint density at radius 1 is 0.579 bits per heavy atom. The summed E-state index contributed by atoms with van der Waals surface area (Å²) < 4.78 is 48.9. The minimum Gasteiger partial charge on any atom is -0.491 e. The first kappa shape index (κ1) is 60.8. The van der Waals surface area contributed by atoms with E-state index in [2.05, 4.69) is 130 Å². The molecule has 21 nitrogen and oxygen atoms in total. The van der Waals surface area contributed by atoms with Gasteiger partial charge < -0.3 is 65.4 Å². The Balaban J connectivity index is 0.000000160. The molecule has 76 heavy (non-hydrogen) atoms. The molecule has 0 radical (unpaired) electrons. The predicted molar refractivity (Wildman–Crippen MR) is 316 cm³/mol. The average Bonchev–Trinajstić information content (AvgIpc) is 4.08. The van der Waals surface area contributed by atoms with Crippen LogP contribution in [0.1, 0.15) is 66.5 Å². The van der Waals surface area contributed by atoms with Crippen LogP contribution in [0.25, 0.3) is 11.1 Å². The van der Waals surface area contributed by atoms with Crippen molar-refractivity contribution in [1.29, 1.82) is 0 Å². The molecule has 0 bridgehead atoms. The summed E-state index contributed by atoms with van der Waals surface area (Å²) in [6.45, 7) is 18.2. The summed E-state index contributed by atoms with van der Waals surface area (Å²) in [5, 5.41) is 6.54. The van der Waals surface area contributed by atoms with Crippen LogP contribution in [0, 0.1) is 7.14 Å². The molecular formula is C49H65B2BrClI2N13O8. The summed E-state index contributed by atoms with van der Waals surface area (Å²) in [6.07, 6.45) is 11.2. The van der Waals surface area contributed by atoms with Crippen LogP contribution in [0.15, 0.2) is 88.4 Å². The van der Waals surface area contributed by atoms with Crippen LogP contribution in [0.3, 0.4) is 0 Å². The van der Waals surface area contributed by atoms with E-state index < -0.39 is 19.6 Å². The average molecular weight is 1350 g/mol. The van der Waals surface area contributed by atoms with Crippen molar-refractivity contribution in [3.8, 4) is 22.6 Å². The number of nitrogens with one attached hydrogen (secondary N) is 2. The molecule has 27 heteroatoms. The molecule has 6 aliphatic rings. The van der Waals surface area contributed by atoms with Gasteiger partial charge in [-0.25, -0.2) is 39.9 Å². The molecule has 2 fully saturated rings. The maximum atomic E-state index is 5.96. The van der Waals surface area contributed by atoms with Crippen molar-refractivity contribution >= 4 is 110 Å². The van der Waals surface area contributed by atoms with Gasteiger partial charge in [-0.05, 0) is 155 Å². The van der Waals surface area contributed by atoms with E-state index in [0.29, 0.717) is 31.6 Å². The first-order chi connectivity index (χ1) is 35.9. The highest BCUT2D eigenvalue weighted by Gasteiger charge is 2.63. The molecule has 0 aliphatic carbocycles. The van der Waals surface area contributed by atoms with Gasteiger partial charge in [0.2, 0.25) is 0 Å². The van der Waals surface area contributed by atoms with E-state index in [9.17, 15) is 0 Å². The Morgan fingerprint density at radius 3 is 1.41 bits per heavy atom. The summed E-state index contributed by atoms with van der Waals surface area (Å²) in [6, 6.07) is 12.6. The minimum absolute atomic E-state index is 0.238. The van der Waals surface area contributed by atoms with Crippen molar-refractivity contribution < 1.29 is 37.6 Å². The standard InChI is InChI=1S/C16H17N5O2.C12H24B2O4.C11H11BrN2O2.C5H6IN3.C4H2ClIN2.CH5N/c1-18-14-12(6-19-9-20-14)10-2-3-13-11(4-10)5-16(7-22-13)8-23-15(17)21-16;1-9(2)10(3,4)16-13(15-9)14-17-11(5,6)12(7,8)18-14;12-8-1-2-9-7(3-8)4-11(5-15-9)6-16-10(13)14-11;1-7-5-4(6)2-8-3-9-5;5-4-3(6)1-7-2-8-4;1-2/h2-4,6,9H,5,7-8H2,1H3,(H2,17,21)(H,18,19,20);1-8H3;1-3H,4-6H2,(H2,13,14);2-3H,1H3,(H,7,8,9);1-2H;2H2,1H3. The smallest absolute Gasteiger partial charge is 0.488 e. The van der Waals surface area contributed by atoms with E-state index in [1.165, 1.54) is 26.0 Å². The Morgan fingerprint density at radius 2 is 1.00 bits per heavy atom. The van der Waals surface area contributed by atoms with E-state index >= 15 is 0 Å². The van der Waals surface area contributed by atoms with Gasteiger partial charge in [-0.15, -0.1) is 0 Å². The third-order valence-corrected chi connectivity index (χ3v) is 16.0. The fourth-order valence-electron chi connectivity index (χ4n) is 7.96. The van der Waals surface area contributed by atoms with E-state index in [-0.39, 0.29) is 40.0 Å². The van der Waals surface area contributed by atoms with Gasteiger partial charge in [0, 0.05) is 55.6 Å². The monoisotopic (exact) mass is 1350 g/mol. The number of fused-ring (bicyclic) bond motifs is 2. The molecule has 6 aliphatic heterocycles. The molecule has 2 atom stereocenters. The molecule has 2 saturated heterocycles. The number of amidine groups is 2. The SMILES string of the molecule is CC1(C)OB(B2OC(C)(C)C(C)(C)O2)OC1(C)C.CN.CNc1ncncc1-c1ccc2c(c1)CC1(COC(N)=N1)CO2.CNc1ncncc1I.Clc1ncncc1I.NC1=NC2(CO1)COc1ccc(Br)cc1C2. The van der Waals surface area contributed by atoms with Gasteiger partial charge in [0.05, 0.1) is 29.5 Å². The summed E-state index contributed by atoms with van der Waals surface area (Å²) in [4.78, 5) is 32.4. The lowest BCUT2D eigenvalue weighted by Gasteiger charge is -2.32. The molecule has 3 aromatic heterocycles. The zero-order valence-corrected chi connectivity index (χ0v) is 51.1. The number of halogens is 4. The number of ether oxygens (including phenoxy) is 4. The Labute approximate surface area is 485 Å². The lowest BCUT2D eigenvalue weighted by molar-refractivity contribution is 0.00578. The molecule has 2 spiro atoms. The molecule has 0 saturated carbocycles. The number of hydrogen-bond acceptors (Lipinski definition) is 21. The first-order valence-corrected chi connectivity index (χ1v) is 27.4. The number of anilines is 2. The number of rotatable bonds is 4. The molecule has 11 rings (SSSR count). The number of hydrogen-bond donors (Lipinski definition) is 5. The van der Waals surface area contributed by atoms with E-state index in [0.717, 1.165) is 69.8 Å². The predicted octanol–water partition coefficient (Wildman–Crippen LogP) is 7.35. The number of nitrogens with two attached hydrogens (primary N) is 3. The van der Waals surface area contributed by atoms with Crippen molar-refractivity contribution in [2.24, 2.45) is 27.2 Å². The molecule has 2 unspecified atom stereocenters. The van der Waals surface area contributed by atoms with E-state index in [1.807, 2.05) is 93.8 Å². The van der Waals surface area contributed by atoms with Crippen molar-refractivity contribution in [1.82, 2.24) is 29.9 Å². The Hall–Kier alpha value is -4.42. The van der Waals surface area contributed by atoms with Gasteiger partial charge in [-0.3, -0.25) is 0 Å². The second-order valence-corrected chi connectivity index (χ2v) is 23.4. The van der Waals surface area contributed by atoms with Crippen LogP contribution in [0.2, 0.25) is 5.15 Å². The van der Waals surface area contributed by atoms with Gasteiger partial charge in [0.15, 0.2) is 0 Å². The zero-order chi connectivity index (χ0) is 55.7. The van der Waals surface area contributed by atoms with Crippen molar-refractivity contribution in [2.75, 3.05) is 58.2 Å². The van der Waals surface area contributed by atoms with Crippen LogP contribution in [0.5, 0.6) is 11.5 Å². The van der Waals surface area contributed by atoms with Gasteiger partial charge in [0.1, 0.15) is 84.8 Å². The Kier molecular flexibility index (Phi) is 20.5. The molecule has 5 aromatic rings. The number of benzene rings is 2. The molecule has 8 N–H and O–H groups in total. The fraction of sp³-hybridized carbons (Fsp3) is 0.469. The third-order valence-electron chi connectivity index (χ3n) is 13.3. The highest BCUT2D eigenvalue weighted by atomic mass is 127. The highest BCUT2D eigenvalue weighted by molar-refractivity contribution is 14.1. The summed E-state index contributed by atoms with van der Waals surface area (Å²) in [5.74, 6) is 3.47. The number of aromatic nitrogens is 6. The lowest BCUT2D eigenvalue weighted by Crippen LogP contribution is -2.41. The number of nitrogens with zero attached hydrogens (tertiary/aromatic N) is 8. The molecular weight excluding hydrogens is 1290 g/mol. The summed E-state index contributed by atoms with van der Waals surface area (Å²) >= 11 is 13.2. The first-order valence-electron chi connectivity index (χ1n) is 24.0. The summed E-state index contributed by atoms with van der Waals surface area (Å²) in [7, 11) is 4.23. The van der Waals surface area contributed by atoms with E-state index in [1.54, 1.807) is 18.6 Å². The Bertz CT molecular complexity index is 2780. The maximum Gasteiger partial charge on any atom is 0.488 e. The van der Waals surface area contributed by atoms with Crippen LogP contribution >= 0.6 is 72.7 Å². The van der Waals surface area contributed by atoms with Crippen molar-refractivity contribution in [3.63, 3.8) is 0 Å². The molecule has 9 heterocycles. The van der Waals surface area contributed by atoms with E-state index in [4.69, 9.17) is 60.6 Å². The van der Waals surface area contributed by atoms with Crippen molar-refractivity contribution in [3.05, 3.63) is 102 Å². The highest BCUT2D eigenvalue weighted by Crippen LogP contribution is 2.43. The lowest BCUT2D eigenvalue weighted by atomic mass is 9.49. The molecule has 0 amide bonds. The molecule has 2 aromatic carbocycles. The van der Waals surface area contributed by atoms with Crippen LogP contribution in [-0.2, 0) is 40.9 Å². The normalized spacial score (nSPS) is 22.1. The van der Waals surface area contributed by atoms with Gasteiger partial charge in [-0.1, -0.05) is 33.6 Å². The quantitative estimate of drug-likeness (QED) is 0.0668. The maximum absolute atomic E-state index is 5.96. The fourth-order valence-corrected chi connectivity index (χ4v) is 9.34. The van der Waals surface area contributed by atoms with Crippen LogP contribution < -0.4 is 37.3 Å². The van der Waals surface area contributed by atoms with Gasteiger partial charge in [0.25, 0.3) is 12.0 Å². The summed E-state index contributed by atoms with van der Waals surface area (Å²) in [5.41, 5.74) is 17.8.